The Morgan fingerprint density at radius 3 is 2.10 bits per heavy atom. The van der Waals surface area contributed by atoms with E-state index in [4.69, 9.17) is 10.5 Å². The molecule has 7 nitrogen and oxygen atoms in total. The van der Waals surface area contributed by atoms with Gasteiger partial charge in [0, 0.05) is 5.69 Å². The molecule has 1 atom stereocenters. The molecule has 0 spiro atoms. The fourth-order valence-corrected chi connectivity index (χ4v) is 5.80. The van der Waals surface area contributed by atoms with E-state index in [-0.39, 0.29) is 16.3 Å². The van der Waals surface area contributed by atoms with Gasteiger partial charge in [0.25, 0.3) is 5.16 Å². The molecule has 1 aromatic heterocycles. The van der Waals surface area contributed by atoms with E-state index in [9.17, 15) is 8.42 Å². The molecule has 0 aliphatic carbocycles. The molecule has 0 aliphatic heterocycles. The Kier molecular flexibility index (Phi) is 8.57. The molecule has 2 N–H and O–H groups in total. The van der Waals surface area contributed by atoms with Gasteiger partial charge in [-0.05, 0) is 58.7 Å². The van der Waals surface area contributed by atoms with Crippen LogP contribution in [0.1, 0.15) is 69.6 Å². The van der Waals surface area contributed by atoms with Crippen LogP contribution >= 0.6 is 0 Å². The molecule has 0 aliphatic rings. The zero-order valence-electron chi connectivity index (χ0n) is 23.3. The van der Waals surface area contributed by atoms with E-state index in [1.54, 1.807) is 4.57 Å². The first-order valence-electron chi connectivity index (χ1n) is 13.2. The third kappa shape index (κ3) is 7.13. The molecule has 4 aromatic rings. The third-order valence-electron chi connectivity index (χ3n) is 6.51. The number of benzene rings is 3. The molecule has 39 heavy (non-hydrogen) atoms. The average Bonchev–Trinajstić information content (AvgIpc) is 3.34. The van der Waals surface area contributed by atoms with Crippen LogP contribution in [-0.4, -0.2) is 23.2 Å². The molecule has 206 valence electrons. The highest BCUT2D eigenvalue weighted by Gasteiger charge is 2.29. The molecular weight excluding hydrogens is 508 g/mol. The molecule has 0 amide bonds. The smallest absolute Gasteiger partial charge is 0.254 e. The first kappa shape index (κ1) is 28.5. The Hall–Kier alpha value is -3.49. The Labute approximate surface area is 232 Å². The molecular formula is C31H38N4O3S. The number of sulfone groups is 1. The minimum atomic E-state index is -3.84. The maximum absolute atomic E-state index is 13.7. The van der Waals surface area contributed by atoms with Gasteiger partial charge in [0.05, 0.1) is 11.8 Å². The lowest BCUT2D eigenvalue weighted by molar-refractivity contribution is 0.306. The van der Waals surface area contributed by atoms with Gasteiger partial charge in [-0.15, -0.1) is 10.2 Å². The van der Waals surface area contributed by atoms with E-state index in [1.165, 1.54) is 0 Å². The van der Waals surface area contributed by atoms with Gasteiger partial charge in [-0.1, -0.05) is 89.2 Å². The van der Waals surface area contributed by atoms with Crippen LogP contribution in [0.5, 0.6) is 5.75 Å². The van der Waals surface area contributed by atoms with Crippen LogP contribution in [0.15, 0.2) is 84.0 Å². The molecule has 0 saturated carbocycles. The first-order chi connectivity index (χ1) is 18.4. The van der Waals surface area contributed by atoms with E-state index < -0.39 is 15.9 Å². The molecule has 0 radical (unpaired) electrons. The topological polar surface area (TPSA) is 100 Å². The van der Waals surface area contributed by atoms with E-state index in [2.05, 4.69) is 44.8 Å². The molecule has 4 rings (SSSR count). The quantitative estimate of drug-likeness (QED) is 0.256. The summed E-state index contributed by atoms with van der Waals surface area (Å²) in [5, 5.41) is 8.32. The van der Waals surface area contributed by atoms with Crippen LogP contribution in [0.4, 0.5) is 0 Å². The molecule has 0 saturated heterocycles. The number of aromatic nitrogens is 3. The molecule has 0 unspecified atom stereocenters. The van der Waals surface area contributed by atoms with Crippen molar-refractivity contribution in [3.8, 4) is 11.4 Å². The van der Waals surface area contributed by atoms with Crippen LogP contribution in [0.25, 0.3) is 5.69 Å². The number of nitrogens with zero attached hydrogens (tertiary/aromatic N) is 3. The van der Waals surface area contributed by atoms with Gasteiger partial charge >= 0.3 is 0 Å². The monoisotopic (exact) mass is 546 g/mol. The van der Waals surface area contributed by atoms with Crippen molar-refractivity contribution in [2.75, 3.05) is 0 Å². The van der Waals surface area contributed by atoms with E-state index in [0.717, 1.165) is 11.1 Å². The highest BCUT2D eigenvalue weighted by molar-refractivity contribution is 7.90. The fourth-order valence-electron chi connectivity index (χ4n) is 4.40. The molecule has 0 bridgehead atoms. The number of hydrogen-bond donors (Lipinski definition) is 1. The van der Waals surface area contributed by atoms with E-state index in [0.29, 0.717) is 41.8 Å². The van der Waals surface area contributed by atoms with Gasteiger partial charge in [0.1, 0.15) is 12.4 Å². The lowest BCUT2D eigenvalue weighted by atomic mass is 9.87. The van der Waals surface area contributed by atoms with Crippen molar-refractivity contribution in [2.24, 2.45) is 11.7 Å². The van der Waals surface area contributed by atoms with Crippen LogP contribution in [0.3, 0.4) is 0 Å². The van der Waals surface area contributed by atoms with Crippen molar-refractivity contribution in [3.05, 3.63) is 101 Å². The zero-order chi connectivity index (χ0) is 28.2. The summed E-state index contributed by atoms with van der Waals surface area (Å²) in [4.78, 5) is 0. The fraction of sp³-hybridized carbons (Fsp3) is 0.355. The molecule has 8 heteroatoms. The van der Waals surface area contributed by atoms with Gasteiger partial charge in [-0.25, -0.2) is 8.42 Å². The van der Waals surface area contributed by atoms with Crippen molar-refractivity contribution in [1.82, 2.24) is 14.8 Å². The lowest BCUT2D eigenvalue weighted by Crippen LogP contribution is -2.20. The Morgan fingerprint density at radius 2 is 1.51 bits per heavy atom. The summed E-state index contributed by atoms with van der Waals surface area (Å²) in [6, 6.07) is 24.4. The summed E-state index contributed by atoms with van der Waals surface area (Å²) < 4.78 is 34.8. The first-order valence-corrected chi connectivity index (χ1v) is 14.9. The predicted octanol–water partition coefficient (Wildman–Crippen LogP) is 6.16. The van der Waals surface area contributed by atoms with Gasteiger partial charge in [-0.2, -0.15) is 0 Å². The molecule has 3 aromatic carbocycles. The average molecular weight is 547 g/mol. The zero-order valence-corrected chi connectivity index (χ0v) is 24.2. The second kappa shape index (κ2) is 11.7. The second-order valence-corrected chi connectivity index (χ2v) is 13.3. The van der Waals surface area contributed by atoms with Crippen LogP contribution in [-0.2, 0) is 27.6 Å². The Morgan fingerprint density at radius 1 is 0.872 bits per heavy atom. The third-order valence-corrected chi connectivity index (χ3v) is 8.05. The number of nitrogens with two attached hydrogens (primary N) is 1. The highest BCUT2D eigenvalue weighted by Crippen LogP contribution is 2.28. The predicted molar refractivity (Wildman–Crippen MR) is 155 cm³/mol. The van der Waals surface area contributed by atoms with Crippen molar-refractivity contribution >= 4 is 9.84 Å². The van der Waals surface area contributed by atoms with Crippen molar-refractivity contribution in [2.45, 2.75) is 70.0 Å². The summed E-state index contributed by atoms with van der Waals surface area (Å²) in [7, 11) is -3.84. The number of ether oxygens (including phenoxy) is 1. The number of hydrogen-bond acceptors (Lipinski definition) is 6. The van der Waals surface area contributed by atoms with Gasteiger partial charge < -0.3 is 10.5 Å². The van der Waals surface area contributed by atoms with Crippen LogP contribution < -0.4 is 10.5 Å². The normalized spacial score (nSPS) is 13.0. The van der Waals surface area contributed by atoms with E-state index in [1.807, 2.05) is 78.9 Å². The summed E-state index contributed by atoms with van der Waals surface area (Å²) in [5.41, 5.74) is 9.99. The Bertz CT molecular complexity index is 1470. The summed E-state index contributed by atoms with van der Waals surface area (Å²) in [5.74, 6) is 1.21. The number of rotatable bonds is 10. The minimum Gasteiger partial charge on any atom is -0.489 e. The maximum Gasteiger partial charge on any atom is 0.254 e. The standard InChI is InChI=1S/C31H38N4O3S/c1-22(2)19-28(32)29-33-34-30(39(36,37)21-24-11-13-25(14-12-24)31(3,4)5)35(29)26-15-17-27(18-16-26)38-20-23-9-7-6-8-10-23/h6-18,22,28H,19-21,32H2,1-5H3/t28-/m0/s1. The molecule has 1 heterocycles. The molecule has 0 fully saturated rings. The lowest BCUT2D eigenvalue weighted by Gasteiger charge is -2.19. The summed E-state index contributed by atoms with van der Waals surface area (Å²) >= 11 is 0. The highest BCUT2D eigenvalue weighted by atomic mass is 32.2. The van der Waals surface area contributed by atoms with Crippen molar-refractivity contribution in [3.63, 3.8) is 0 Å². The largest absolute Gasteiger partial charge is 0.489 e. The van der Waals surface area contributed by atoms with Gasteiger partial charge in [0.2, 0.25) is 9.84 Å². The second-order valence-electron chi connectivity index (χ2n) is 11.4. The maximum atomic E-state index is 13.7. The van der Waals surface area contributed by atoms with Gasteiger partial charge in [0.15, 0.2) is 5.82 Å². The summed E-state index contributed by atoms with van der Waals surface area (Å²) in [6.07, 6.45) is 0.644. The Balaban J connectivity index is 1.65. The SMILES string of the molecule is CC(C)C[C@H](N)c1nnc(S(=O)(=O)Cc2ccc(C(C)(C)C)cc2)n1-c1ccc(OCc2ccccc2)cc1. The van der Waals surface area contributed by atoms with Crippen molar-refractivity contribution in [1.29, 1.82) is 0 Å². The van der Waals surface area contributed by atoms with Crippen molar-refractivity contribution < 1.29 is 13.2 Å². The van der Waals surface area contributed by atoms with Crippen LogP contribution in [0, 0.1) is 5.92 Å². The van der Waals surface area contributed by atoms with Crippen LogP contribution in [0.2, 0.25) is 0 Å². The summed E-state index contributed by atoms with van der Waals surface area (Å²) in [6.45, 7) is 10.9. The van der Waals surface area contributed by atoms with Gasteiger partial charge in [-0.3, -0.25) is 4.57 Å². The van der Waals surface area contributed by atoms with E-state index >= 15 is 0 Å². The minimum absolute atomic E-state index is 0.0179.